The molecule has 0 aromatic heterocycles. The molecule has 0 heterocycles. The van der Waals surface area contributed by atoms with E-state index in [1.807, 2.05) is 0 Å². The first-order valence-electron chi connectivity index (χ1n) is 7.13. The van der Waals surface area contributed by atoms with E-state index in [9.17, 15) is 18.0 Å². The highest BCUT2D eigenvalue weighted by molar-refractivity contribution is 6.42. The van der Waals surface area contributed by atoms with Crippen LogP contribution in [0, 0.1) is 0 Å². The third-order valence-electron chi connectivity index (χ3n) is 3.62. The van der Waals surface area contributed by atoms with Crippen LogP contribution < -0.4 is 5.46 Å². The van der Waals surface area contributed by atoms with E-state index in [0.29, 0.717) is 11.0 Å². The number of allylic oxidation sites excluding steroid dienone is 1. The zero-order chi connectivity index (χ0) is 18.8. The Morgan fingerprint density at radius 2 is 1.80 bits per heavy atom. The van der Waals surface area contributed by atoms with Gasteiger partial charge in [-0.25, -0.2) is 4.79 Å². The highest BCUT2D eigenvalue weighted by Crippen LogP contribution is 2.38. The van der Waals surface area contributed by atoms with Crippen LogP contribution in [-0.2, 0) is 0 Å². The van der Waals surface area contributed by atoms with Crippen molar-refractivity contribution in [3.8, 4) is 0 Å². The van der Waals surface area contributed by atoms with Gasteiger partial charge in [0.25, 0.3) is 0 Å². The normalized spacial score (nSPS) is 13.2. The lowest BCUT2D eigenvalue weighted by Gasteiger charge is -2.18. The molecule has 130 valence electrons. The molecule has 1 unspecified atom stereocenters. The van der Waals surface area contributed by atoms with E-state index in [1.54, 1.807) is 7.85 Å². The third kappa shape index (κ3) is 4.80. The number of halogens is 5. The van der Waals surface area contributed by atoms with Gasteiger partial charge in [0.2, 0.25) is 0 Å². The quantitative estimate of drug-likeness (QED) is 0.795. The Labute approximate surface area is 153 Å². The smallest absolute Gasteiger partial charge is 0.399 e. The van der Waals surface area contributed by atoms with Crippen molar-refractivity contribution >= 4 is 48.6 Å². The summed E-state index contributed by atoms with van der Waals surface area (Å²) in [6.07, 6.45) is -2.20. The van der Waals surface area contributed by atoms with Crippen LogP contribution >= 0.6 is 23.2 Å². The van der Waals surface area contributed by atoms with Gasteiger partial charge in [-0.15, -0.1) is 0 Å². The first kappa shape index (κ1) is 19.4. The van der Waals surface area contributed by atoms with Gasteiger partial charge in [-0.1, -0.05) is 59.0 Å². The van der Waals surface area contributed by atoms with Crippen molar-refractivity contribution in [2.75, 3.05) is 0 Å². The van der Waals surface area contributed by atoms with E-state index in [2.05, 4.69) is 0 Å². The summed E-state index contributed by atoms with van der Waals surface area (Å²) in [6, 6.07) is 8.11. The number of benzene rings is 2. The summed E-state index contributed by atoms with van der Waals surface area (Å²) in [4.78, 5) is 11.0. The van der Waals surface area contributed by atoms with Gasteiger partial charge in [0.15, 0.2) is 0 Å². The molecule has 2 aromatic carbocycles. The molecular weight excluding hydrogens is 375 g/mol. The second-order valence-electron chi connectivity index (χ2n) is 5.43. The lowest BCUT2D eigenvalue weighted by Crippen LogP contribution is -2.19. The van der Waals surface area contributed by atoms with Gasteiger partial charge < -0.3 is 5.11 Å². The predicted octanol–water partition coefficient (Wildman–Crippen LogP) is 4.31. The molecule has 0 aliphatic carbocycles. The monoisotopic (exact) mass is 386 g/mol. The summed E-state index contributed by atoms with van der Waals surface area (Å²) in [7, 11) is 1.58. The molecule has 2 nitrogen and oxygen atoms in total. The summed E-state index contributed by atoms with van der Waals surface area (Å²) >= 11 is 11.6. The Bertz CT molecular complexity index is 835. The van der Waals surface area contributed by atoms with Gasteiger partial charge in [0.1, 0.15) is 7.85 Å². The van der Waals surface area contributed by atoms with E-state index in [-0.39, 0.29) is 21.2 Å². The van der Waals surface area contributed by atoms with Crippen LogP contribution in [0.2, 0.25) is 10.0 Å². The van der Waals surface area contributed by atoms with Crippen LogP contribution in [0.25, 0.3) is 6.08 Å². The molecule has 2 rings (SSSR count). The van der Waals surface area contributed by atoms with Gasteiger partial charge in [-0.3, -0.25) is 0 Å². The maximum atomic E-state index is 13.4. The molecule has 0 bridgehead atoms. The number of aromatic carboxylic acids is 1. The second kappa shape index (κ2) is 7.54. The lowest BCUT2D eigenvalue weighted by atomic mass is 9.88. The molecule has 0 saturated heterocycles. The number of hydrogen-bond donors (Lipinski definition) is 1. The molecule has 8 heteroatoms. The molecule has 0 amide bonds. The van der Waals surface area contributed by atoms with Gasteiger partial charge >= 0.3 is 12.1 Å². The maximum Gasteiger partial charge on any atom is 0.399 e. The van der Waals surface area contributed by atoms with Crippen molar-refractivity contribution in [2.24, 2.45) is 0 Å². The van der Waals surface area contributed by atoms with Crippen LogP contribution in [-0.4, -0.2) is 25.1 Å². The van der Waals surface area contributed by atoms with E-state index in [1.165, 1.54) is 42.5 Å². The zero-order valence-electron chi connectivity index (χ0n) is 12.9. The van der Waals surface area contributed by atoms with Crippen molar-refractivity contribution in [1.29, 1.82) is 0 Å². The van der Waals surface area contributed by atoms with E-state index < -0.39 is 18.1 Å². The maximum absolute atomic E-state index is 13.4. The molecule has 0 saturated carbocycles. The fourth-order valence-corrected chi connectivity index (χ4v) is 2.66. The fraction of sp³-hybridized carbons (Fsp3) is 0.118. The first-order chi connectivity index (χ1) is 11.6. The number of carboxylic acids is 1. The first-order valence-corrected chi connectivity index (χ1v) is 7.89. The van der Waals surface area contributed by atoms with Gasteiger partial charge in [0.05, 0.1) is 21.5 Å². The van der Waals surface area contributed by atoms with Crippen LogP contribution in [0.1, 0.15) is 27.4 Å². The number of rotatable bonds is 4. The molecular formula is C17H12BCl2F3O2. The summed E-state index contributed by atoms with van der Waals surface area (Å²) < 4.78 is 40.2. The third-order valence-corrected chi connectivity index (χ3v) is 4.36. The summed E-state index contributed by atoms with van der Waals surface area (Å²) in [5.74, 6) is -2.95. The molecule has 0 aliphatic rings. The van der Waals surface area contributed by atoms with E-state index in [4.69, 9.17) is 28.3 Å². The largest absolute Gasteiger partial charge is 0.478 e. The number of carbonyl (C=O) groups is 1. The number of alkyl halides is 3. The molecule has 0 aliphatic heterocycles. The summed E-state index contributed by atoms with van der Waals surface area (Å²) in [6.45, 7) is 0. The van der Waals surface area contributed by atoms with E-state index >= 15 is 0 Å². The van der Waals surface area contributed by atoms with Crippen molar-refractivity contribution in [1.82, 2.24) is 0 Å². The number of hydrogen-bond acceptors (Lipinski definition) is 1. The average Bonchev–Trinajstić information content (AvgIpc) is 2.49. The highest BCUT2D eigenvalue weighted by atomic mass is 35.5. The topological polar surface area (TPSA) is 37.3 Å². The minimum atomic E-state index is -4.51. The van der Waals surface area contributed by atoms with Gasteiger partial charge in [-0.05, 0) is 29.3 Å². The van der Waals surface area contributed by atoms with Crippen molar-refractivity contribution in [3.63, 3.8) is 0 Å². The second-order valence-corrected chi connectivity index (χ2v) is 6.25. The Balaban J connectivity index is 2.37. The minimum absolute atomic E-state index is 0.0305. The number of carboxylic acid groups (broad SMARTS) is 1. The lowest BCUT2D eigenvalue weighted by molar-refractivity contribution is -0.139. The van der Waals surface area contributed by atoms with Crippen LogP contribution in [0.15, 0.2) is 42.5 Å². The fourth-order valence-electron chi connectivity index (χ4n) is 2.35. The zero-order valence-corrected chi connectivity index (χ0v) is 14.5. The van der Waals surface area contributed by atoms with Gasteiger partial charge in [-0.2, -0.15) is 13.2 Å². The molecule has 0 radical (unpaired) electrons. The van der Waals surface area contributed by atoms with Crippen LogP contribution in [0.5, 0.6) is 0 Å². The molecule has 1 atom stereocenters. The van der Waals surface area contributed by atoms with Crippen LogP contribution in [0.4, 0.5) is 13.2 Å². The Morgan fingerprint density at radius 1 is 1.12 bits per heavy atom. The molecule has 0 fully saturated rings. The van der Waals surface area contributed by atoms with Crippen molar-refractivity contribution < 1.29 is 23.1 Å². The molecule has 0 spiro atoms. The Kier molecular flexibility index (Phi) is 5.85. The van der Waals surface area contributed by atoms with Crippen molar-refractivity contribution in [3.05, 3.63) is 69.2 Å². The molecule has 1 N–H and O–H groups in total. The molecule has 2 aromatic rings. The van der Waals surface area contributed by atoms with Crippen molar-refractivity contribution in [2.45, 2.75) is 12.1 Å². The summed E-state index contributed by atoms with van der Waals surface area (Å²) in [5.41, 5.74) is 1.01. The SMILES string of the molecule is Bc1cc(/C=C/C(c2ccc(Cl)c(Cl)c2)C(F)(F)F)ccc1C(=O)O. The molecule has 25 heavy (non-hydrogen) atoms. The summed E-state index contributed by atoms with van der Waals surface area (Å²) in [5, 5.41) is 9.21. The average molecular weight is 387 g/mol. The highest BCUT2D eigenvalue weighted by Gasteiger charge is 2.39. The Hall–Kier alpha value is -1.92. The minimum Gasteiger partial charge on any atom is -0.478 e. The predicted molar refractivity (Wildman–Crippen MR) is 95.9 cm³/mol. The Morgan fingerprint density at radius 3 is 2.32 bits per heavy atom. The standard InChI is InChI=1S/C17H12BCl2F3O2/c18-13-7-9(1-4-11(13)16(24)25)2-5-12(17(21,22)23)10-3-6-14(19)15(20)8-10/h1-8,12H,18H2,(H,24,25)/b5-2+. The van der Waals surface area contributed by atoms with Crippen LogP contribution in [0.3, 0.4) is 0 Å². The van der Waals surface area contributed by atoms with Gasteiger partial charge in [0, 0.05) is 0 Å². The van der Waals surface area contributed by atoms with E-state index in [0.717, 1.165) is 6.08 Å².